The Hall–Kier alpha value is -1.31. The first-order valence-electron chi connectivity index (χ1n) is 6.28. The standard InChI is InChI=1S/C15H22O2/c1-6-12(5)15(16)17-14-9-11(4)7-8-13(14)10(2)3/h7-10,12H,6H2,1-5H3/t12-/m1/s1. The van der Waals surface area contributed by atoms with Gasteiger partial charge in [0.25, 0.3) is 0 Å². The Morgan fingerprint density at radius 2 is 1.94 bits per heavy atom. The lowest BCUT2D eigenvalue weighted by Gasteiger charge is -2.15. The zero-order chi connectivity index (χ0) is 13.0. The summed E-state index contributed by atoms with van der Waals surface area (Å²) in [5, 5.41) is 0. The van der Waals surface area contributed by atoms with Crippen LogP contribution in [0.3, 0.4) is 0 Å². The molecule has 0 aliphatic rings. The number of benzene rings is 1. The highest BCUT2D eigenvalue weighted by atomic mass is 16.5. The lowest BCUT2D eigenvalue weighted by molar-refractivity contribution is -0.138. The number of aryl methyl sites for hydroxylation is 1. The number of hydrogen-bond donors (Lipinski definition) is 0. The summed E-state index contributed by atoms with van der Waals surface area (Å²) in [6.45, 7) is 10.1. The molecule has 0 radical (unpaired) electrons. The highest BCUT2D eigenvalue weighted by molar-refractivity contribution is 5.75. The SMILES string of the molecule is CC[C@@H](C)C(=O)Oc1cc(C)ccc1C(C)C. The van der Waals surface area contributed by atoms with E-state index in [1.807, 2.05) is 32.9 Å². The molecule has 0 aliphatic carbocycles. The van der Waals surface area contributed by atoms with Crippen molar-refractivity contribution in [3.05, 3.63) is 29.3 Å². The number of rotatable bonds is 4. The minimum absolute atomic E-state index is 0.0458. The summed E-state index contributed by atoms with van der Waals surface area (Å²) in [5.74, 6) is 0.885. The van der Waals surface area contributed by atoms with Crippen molar-refractivity contribution in [2.24, 2.45) is 5.92 Å². The van der Waals surface area contributed by atoms with Crippen molar-refractivity contribution >= 4 is 5.97 Å². The quantitative estimate of drug-likeness (QED) is 0.580. The molecule has 0 spiro atoms. The molecule has 1 atom stereocenters. The van der Waals surface area contributed by atoms with Gasteiger partial charge in [0.2, 0.25) is 0 Å². The van der Waals surface area contributed by atoms with Crippen LogP contribution in [-0.2, 0) is 4.79 Å². The maximum Gasteiger partial charge on any atom is 0.314 e. The molecule has 0 aliphatic heterocycles. The van der Waals surface area contributed by atoms with Crippen LogP contribution in [0.5, 0.6) is 5.75 Å². The monoisotopic (exact) mass is 234 g/mol. The van der Waals surface area contributed by atoms with E-state index in [9.17, 15) is 4.79 Å². The maximum atomic E-state index is 11.8. The molecule has 0 N–H and O–H groups in total. The summed E-state index contributed by atoms with van der Waals surface area (Å²) in [6, 6.07) is 6.03. The fourth-order valence-electron chi connectivity index (χ4n) is 1.58. The maximum absolute atomic E-state index is 11.8. The summed E-state index contributed by atoms with van der Waals surface area (Å²) >= 11 is 0. The summed E-state index contributed by atoms with van der Waals surface area (Å²) < 4.78 is 5.50. The van der Waals surface area contributed by atoms with Crippen LogP contribution >= 0.6 is 0 Å². The van der Waals surface area contributed by atoms with Gasteiger partial charge in [0, 0.05) is 0 Å². The fraction of sp³-hybridized carbons (Fsp3) is 0.533. The average Bonchev–Trinajstić information content (AvgIpc) is 2.27. The van der Waals surface area contributed by atoms with Crippen molar-refractivity contribution in [2.75, 3.05) is 0 Å². The van der Waals surface area contributed by atoms with Crippen molar-refractivity contribution in [3.8, 4) is 5.75 Å². The van der Waals surface area contributed by atoms with Gasteiger partial charge in [0.05, 0.1) is 5.92 Å². The predicted molar refractivity (Wildman–Crippen MR) is 70.4 cm³/mol. The van der Waals surface area contributed by atoms with Crippen LogP contribution in [-0.4, -0.2) is 5.97 Å². The molecule has 17 heavy (non-hydrogen) atoms. The minimum Gasteiger partial charge on any atom is -0.426 e. The van der Waals surface area contributed by atoms with E-state index in [0.29, 0.717) is 11.7 Å². The Kier molecular flexibility index (Phi) is 4.73. The van der Waals surface area contributed by atoms with Gasteiger partial charge >= 0.3 is 5.97 Å². The number of carbonyl (C=O) groups is 1. The first-order valence-corrected chi connectivity index (χ1v) is 6.28. The number of carbonyl (C=O) groups excluding carboxylic acids is 1. The molecule has 0 fully saturated rings. The molecule has 0 bridgehead atoms. The summed E-state index contributed by atoms with van der Waals surface area (Å²) in [5.41, 5.74) is 2.20. The van der Waals surface area contributed by atoms with Crippen molar-refractivity contribution in [1.29, 1.82) is 0 Å². The van der Waals surface area contributed by atoms with Crippen molar-refractivity contribution in [2.45, 2.75) is 47.0 Å². The molecule has 0 aromatic heterocycles. The second-order valence-electron chi connectivity index (χ2n) is 4.93. The van der Waals surface area contributed by atoms with Gasteiger partial charge in [-0.2, -0.15) is 0 Å². The third-order valence-corrected chi connectivity index (χ3v) is 3.02. The fourth-order valence-corrected chi connectivity index (χ4v) is 1.58. The van der Waals surface area contributed by atoms with E-state index in [0.717, 1.165) is 17.5 Å². The van der Waals surface area contributed by atoms with Crippen LogP contribution in [0.25, 0.3) is 0 Å². The van der Waals surface area contributed by atoms with Crippen LogP contribution in [0, 0.1) is 12.8 Å². The smallest absolute Gasteiger partial charge is 0.314 e. The van der Waals surface area contributed by atoms with Crippen LogP contribution in [0.4, 0.5) is 0 Å². The Morgan fingerprint density at radius 3 is 2.47 bits per heavy atom. The largest absolute Gasteiger partial charge is 0.426 e. The van der Waals surface area contributed by atoms with Crippen molar-refractivity contribution < 1.29 is 9.53 Å². The molecular formula is C15H22O2. The van der Waals surface area contributed by atoms with Gasteiger partial charge in [-0.3, -0.25) is 4.79 Å². The second kappa shape index (κ2) is 5.85. The number of esters is 1. The first-order chi connectivity index (χ1) is 7.95. The van der Waals surface area contributed by atoms with E-state index in [4.69, 9.17) is 4.74 Å². The van der Waals surface area contributed by atoms with Crippen LogP contribution in [0.2, 0.25) is 0 Å². The lowest BCUT2D eigenvalue weighted by Crippen LogP contribution is -2.18. The van der Waals surface area contributed by atoms with Crippen molar-refractivity contribution in [1.82, 2.24) is 0 Å². The highest BCUT2D eigenvalue weighted by Crippen LogP contribution is 2.28. The molecule has 2 heteroatoms. The first kappa shape index (κ1) is 13.8. The van der Waals surface area contributed by atoms with E-state index < -0.39 is 0 Å². The molecule has 0 amide bonds. The van der Waals surface area contributed by atoms with Crippen LogP contribution in [0.15, 0.2) is 18.2 Å². The molecule has 1 rings (SSSR count). The topological polar surface area (TPSA) is 26.3 Å². The Balaban J connectivity index is 2.96. The van der Waals surface area contributed by atoms with Gasteiger partial charge in [-0.05, 0) is 36.5 Å². The molecule has 0 unspecified atom stereocenters. The molecule has 0 heterocycles. The number of hydrogen-bond acceptors (Lipinski definition) is 2. The van der Waals surface area contributed by atoms with Crippen LogP contribution in [0.1, 0.15) is 51.2 Å². The van der Waals surface area contributed by atoms with Gasteiger partial charge in [-0.15, -0.1) is 0 Å². The molecule has 1 aromatic carbocycles. The van der Waals surface area contributed by atoms with Gasteiger partial charge in [-0.1, -0.05) is 39.8 Å². The third kappa shape index (κ3) is 3.58. The van der Waals surface area contributed by atoms with E-state index in [1.165, 1.54) is 0 Å². The molecule has 94 valence electrons. The molecule has 2 nitrogen and oxygen atoms in total. The normalized spacial score (nSPS) is 12.6. The molecule has 0 saturated carbocycles. The predicted octanol–water partition coefficient (Wildman–Crippen LogP) is 4.07. The van der Waals surface area contributed by atoms with Crippen molar-refractivity contribution in [3.63, 3.8) is 0 Å². The number of ether oxygens (including phenoxy) is 1. The van der Waals surface area contributed by atoms with Gasteiger partial charge in [0.15, 0.2) is 0 Å². The highest BCUT2D eigenvalue weighted by Gasteiger charge is 2.16. The third-order valence-electron chi connectivity index (χ3n) is 3.02. The Bertz CT molecular complexity index is 394. The Morgan fingerprint density at radius 1 is 1.29 bits per heavy atom. The minimum atomic E-state index is -0.139. The average molecular weight is 234 g/mol. The zero-order valence-electron chi connectivity index (χ0n) is 11.4. The summed E-state index contributed by atoms with van der Waals surface area (Å²) in [4.78, 5) is 11.8. The van der Waals surface area contributed by atoms with Gasteiger partial charge < -0.3 is 4.74 Å². The van der Waals surface area contributed by atoms with Gasteiger partial charge in [0.1, 0.15) is 5.75 Å². The molecule has 0 saturated heterocycles. The van der Waals surface area contributed by atoms with E-state index in [1.54, 1.807) is 0 Å². The van der Waals surface area contributed by atoms with Gasteiger partial charge in [-0.25, -0.2) is 0 Å². The van der Waals surface area contributed by atoms with Crippen LogP contribution < -0.4 is 4.74 Å². The Labute approximate surface area is 104 Å². The summed E-state index contributed by atoms with van der Waals surface area (Å²) in [6.07, 6.45) is 0.807. The second-order valence-corrected chi connectivity index (χ2v) is 4.93. The van der Waals surface area contributed by atoms with E-state index in [2.05, 4.69) is 19.9 Å². The summed E-state index contributed by atoms with van der Waals surface area (Å²) in [7, 11) is 0. The lowest BCUT2D eigenvalue weighted by atomic mass is 10.0. The van der Waals surface area contributed by atoms with E-state index >= 15 is 0 Å². The molecule has 1 aromatic rings. The molecular weight excluding hydrogens is 212 g/mol. The van der Waals surface area contributed by atoms with E-state index in [-0.39, 0.29) is 11.9 Å². The zero-order valence-corrected chi connectivity index (χ0v) is 11.4.